The maximum Gasteiger partial charge on any atom is 0.221 e. The summed E-state index contributed by atoms with van der Waals surface area (Å²) in [7, 11) is 0. The summed E-state index contributed by atoms with van der Waals surface area (Å²) < 4.78 is 4.70. The van der Waals surface area contributed by atoms with Crippen LogP contribution in [0.25, 0.3) is 11.3 Å². The molecule has 1 aromatic heterocycles. The molecular formula is C11H10N2O3. The maximum absolute atomic E-state index is 10.9. The number of nitrogens with one attached hydrogen (secondary N) is 1. The molecule has 2 rings (SSSR count). The highest BCUT2D eigenvalue weighted by atomic mass is 16.5. The van der Waals surface area contributed by atoms with Gasteiger partial charge in [-0.05, 0) is 18.2 Å². The lowest BCUT2D eigenvalue weighted by Gasteiger charge is -2.05. The first kappa shape index (κ1) is 10.2. The molecule has 0 aliphatic rings. The van der Waals surface area contributed by atoms with Crippen LogP contribution >= 0.6 is 0 Å². The molecule has 82 valence electrons. The van der Waals surface area contributed by atoms with E-state index in [0.717, 1.165) is 0 Å². The number of rotatable bonds is 2. The number of nitrogens with zero attached hydrogens (tertiary/aromatic N) is 1. The number of aromatic nitrogens is 1. The molecule has 0 spiro atoms. The molecule has 1 heterocycles. The lowest BCUT2D eigenvalue weighted by Crippen LogP contribution is -2.05. The van der Waals surface area contributed by atoms with Crippen molar-refractivity contribution in [2.45, 2.75) is 6.92 Å². The Labute approximate surface area is 91.7 Å². The fourth-order valence-corrected chi connectivity index (χ4v) is 1.37. The molecule has 0 atom stereocenters. The van der Waals surface area contributed by atoms with E-state index in [4.69, 9.17) is 4.52 Å². The van der Waals surface area contributed by atoms with Gasteiger partial charge in [0.25, 0.3) is 0 Å². The zero-order valence-electron chi connectivity index (χ0n) is 8.60. The van der Waals surface area contributed by atoms with Crippen molar-refractivity contribution in [3.8, 4) is 17.0 Å². The highest BCUT2D eigenvalue weighted by molar-refractivity contribution is 5.90. The quantitative estimate of drug-likeness (QED) is 0.756. The van der Waals surface area contributed by atoms with Gasteiger partial charge in [-0.1, -0.05) is 5.16 Å². The van der Waals surface area contributed by atoms with Crippen molar-refractivity contribution < 1.29 is 14.4 Å². The van der Waals surface area contributed by atoms with E-state index in [1.165, 1.54) is 19.3 Å². The third-order valence-electron chi connectivity index (χ3n) is 2.03. The van der Waals surface area contributed by atoms with Gasteiger partial charge in [0.1, 0.15) is 17.7 Å². The summed E-state index contributed by atoms with van der Waals surface area (Å²) >= 11 is 0. The Morgan fingerprint density at radius 2 is 2.25 bits per heavy atom. The third kappa shape index (κ3) is 2.03. The molecule has 0 aliphatic heterocycles. The van der Waals surface area contributed by atoms with Gasteiger partial charge in [-0.3, -0.25) is 4.79 Å². The van der Waals surface area contributed by atoms with E-state index in [1.807, 2.05) is 0 Å². The number of hydrogen-bond donors (Lipinski definition) is 2. The van der Waals surface area contributed by atoms with E-state index in [1.54, 1.807) is 18.2 Å². The second-order valence-corrected chi connectivity index (χ2v) is 3.30. The first-order chi connectivity index (χ1) is 7.66. The van der Waals surface area contributed by atoms with Crippen molar-refractivity contribution in [1.29, 1.82) is 0 Å². The smallest absolute Gasteiger partial charge is 0.221 e. The minimum atomic E-state index is -0.170. The fraction of sp³-hybridized carbons (Fsp3) is 0.0909. The average Bonchev–Trinajstić information content (AvgIpc) is 2.73. The summed E-state index contributed by atoms with van der Waals surface area (Å²) in [6, 6.07) is 6.37. The monoisotopic (exact) mass is 218 g/mol. The van der Waals surface area contributed by atoms with E-state index in [-0.39, 0.29) is 11.7 Å². The fourth-order valence-electron chi connectivity index (χ4n) is 1.37. The summed E-state index contributed by atoms with van der Waals surface area (Å²) in [5.74, 6) is -0.0835. The normalized spacial score (nSPS) is 10.1. The number of phenols is 1. The van der Waals surface area contributed by atoms with Gasteiger partial charge in [0, 0.05) is 24.2 Å². The Kier molecular flexibility index (Phi) is 2.59. The molecule has 0 fully saturated rings. The van der Waals surface area contributed by atoms with Crippen molar-refractivity contribution in [3.63, 3.8) is 0 Å². The van der Waals surface area contributed by atoms with Gasteiger partial charge >= 0.3 is 0 Å². The number of benzene rings is 1. The molecule has 1 aromatic carbocycles. The molecule has 2 aromatic rings. The Hall–Kier alpha value is -2.30. The highest BCUT2D eigenvalue weighted by Gasteiger charge is 2.08. The number of hydrogen-bond acceptors (Lipinski definition) is 4. The maximum atomic E-state index is 10.9. The Bertz CT molecular complexity index is 506. The van der Waals surface area contributed by atoms with Crippen molar-refractivity contribution in [2.75, 3.05) is 5.32 Å². The van der Waals surface area contributed by atoms with E-state index in [9.17, 15) is 9.90 Å². The van der Waals surface area contributed by atoms with E-state index in [0.29, 0.717) is 16.9 Å². The standard InChI is InChI=1S/C11H10N2O3/c1-7(14)12-8-2-3-11(15)9(6-8)10-4-5-16-13-10/h2-6,15H,1H3,(H,12,14). The molecular weight excluding hydrogens is 208 g/mol. The largest absolute Gasteiger partial charge is 0.507 e. The van der Waals surface area contributed by atoms with E-state index < -0.39 is 0 Å². The second kappa shape index (κ2) is 4.06. The predicted octanol–water partition coefficient (Wildman–Crippen LogP) is 2.01. The number of phenolic OH excluding ortho intramolecular Hbond substituents is 1. The molecule has 16 heavy (non-hydrogen) atoms. The zero-order valence-corrected chi connectivity index (χ0v) is 8.60. The first-order valence-corrected chi connectivity index (χ1v) is 4.68. The number of carbonyl (C=O) groups excluding carboxylic acids is 1. The average molecular weight is 218 g/mol. The van der Waals surface area contributed by atoms with Crippen LogP contribution in [-0.4, -0.2) is 16.2 Å². The summed E-state index contributed by atoms with van der Waals surface area (Å²) in [5, 5.41) is 16.0. The molecule has 0 unspecified atom stereocenters. The van der Waals surface area contributed by atoms with Crippen molar-refractivity contribution in [2.24, 2.45) is 0 Å². The van der Waals surface area contributed by atoms with E-state index in [2.05, 4.69) is 10.5 Å². The van der Waals surface area contributed by atoms with Crippen LogP contribution in [0.3, 0.4) is 0 Å². The molecule has 0 saturated heterocycles. The molecule has 5 nitrogen and oxygen atoms in total. The number of aromatic hydroxyl groups is 1. The van der Waals surface area contributed by atoms with Crippen LogP contribution in [0, 0.1) is 0 Å². The topological polar surface area (TPSA) is 75.4 Å². The number of carbonyl (C=O) groups is 1. The van der Waals surface area contributed by atoms with Gasteiger partial charge in [-0.15, -0.1) is 0 Å². The Morgan fingerprint density at radius 1 is 1.44 bits per heavy atom. The van der Waals surface area contributed by atoms with Crippen molar-refractivity contribution in [1.82, 2.24) is 5.16 Å². The molecule has 0 aliphatic carbocycles. The molecule has 0 bridgehead atoms. The lowest BCUT2D eigenvalue weighted by molar-refractivity contribution is -0.114. The Balaban J connectivity index is 2.41. The molecule has 2 N–H and O–H groups in total. The zero-order chi connectivity index (χ0) is 11.5. The molecule has 5 heteroatoms. The van der Waals surface area contributed by atoms with Gasteiger partial charge in [0.05, 0.1) is 0 Å². The summed E-state index contributed by atoms with van der Waals surface area (Å²) in [6.07, 6.45) is 1.42. The number of anilines is 1. The summed E-state index contributed by atoms with van der Waals surface area (Å²) in [6.45, 7) is 1.42. The molecule has 1 amide bonds. The van der Waals surface area contributed by atoms with Gasteiger partial charge in [0.15, 0.2) is 0 Å². The van der Waals surface area contributed by atoms with Crippen LogP contribution in [0.2, 0.25) is 0 Å². The second-order valence-electron chi connectivity index (χ2n) is 3.30. The van der Waals surface area contributed by atoms with Crippen LogP contribution in [0.5, 0.6) is 5.75 Å². The Morgan fingerprint density at radius 3 is 2.88 bits per heavy atom. The van der Waals surface area contributed by atoms with Crippen LogP contribution < -0.4 is 5.32 Å². The van der Waals surface area contributed by atoms with Crippen LogP contribution in [0.15, 0.2) is 35.1 Å². The van der Waals surface area contributed by atoms with Crippen LogP contribution in [-0.2, 0) is 4.79 Å². The molecule has 0 radical (unpaired) electrons. The first-order valence-electron chi connectivity index (χ1n) is 4.68. The minimum Gasteiger partial charge on any atom is -0.507 e. The van der Waals surface area contributed by atoms with Gasteiger partial charge in [-0.2, -0.15) is 0 Å². The van der Waals surface area contributed by atoms with Gasteiger partial charge < -0.3 is 14.9 Å². The third-order valence-corrected chi connectivity index (χ3v) is 2.03. The summed E-state index contributed by atoms with van der Waals surface area (Å²) in [4.78, 5) is 10.9. The van der Waals surface area contributed by atoms with Gasteiger partial charge in [-0.25, -0.2) is 0 Å². The van der Waals surface area contributed by atoms with E-state index >= 15 is 0 Å². The van der Waals surface area contributed by atoms with Crippen molar-refractivity contribution >= 4 is 11.6 Å². The molecule has 0 saturated carbocycles. The number of amides is 1. The minimum absolute atomic E-state index is 0.0861. The van der Waals surface area contributed by atoms with Gasteiger partial charge in [0.2, 0.25) is 5.91 Å². The highest BCUT2D eigenvalue weighted by Crippen LogP contribution is 2.30. The van der Waals surface area contributed by atoms with Crippen LogP contribution in [0.4, 0.5) is 5.69 Å². The SMILES string of the molecule is CC(=O)Nc1ccc(O)c(-c2ccon2)c1. The van der Waals surface area contributed by atoms with Crippen LogP contribution in [0.1, 0.15) is 6.92 Å². The summed E-state index contributed by atoms with van der Waals surface area (Å²) in [5.41, 5.74) is 1.63. The van der Waals surface area contributed by atoms with Crippen molar-refractivity contribution in [3.05, 3.63) is 30.5 Å². The predicted molar refractivity (Wildman–Crippen MR) is 57.9 cm³/mol. The lowest BCUT2D eigenvalue weighted by atomic mass is 10.1.